The molecule has 2 rings (SSSR count). The van der Waals surface area contributed by atoms with Crippen LogP contribution < -0.4 is 4.74 Å². The summed E-state index contributed by atoms with van der Waals surface area (Å²) in [6.45, 7) is 1.52. The number of piperidine rings is 1. The van der Waals surface area contributed by atoms with Crippen LogP contribution in [0, 0.1) is 10.1 Å². The first kappa shape index (κ1) is 15.0. The maximum atomic E-state index is 12.0. The fourth-order valence-electron chi connectivity index (χ4n) is 2.33. The van der Waals surface area contributed by atoms with E-state index in [1.54, 1.807) is 17.0 Å². The first-order chi connectivity index (χ1) is 10.1. The van der Waals surface area contributed by atoms with E-state index in [2.05, 4.69) is 0 Å². The van der Waals surface area contributed by atoms with Crippen molar-refractivity contribution in [2.75, 3.05) is 20.2 Å². The van der Waals surface area contributed by atoms with Crippen molar-refractivity contribution in [1.29, 1.82) is 0 Å². The molecule has 0 unspecified atom stereocenters. The molecular formula is C15H18N2O4. The highest BCUT2D eigenvalue weighted by molar-refractivity contribution is 5.92. The first-order valence-electron chi connectivity index (χ1n) is 6.91. The topological polar surface area (TPSA) is 72.7 Å². The normalized spacial score (nSPS) is 15.2. The van der Waals surface area contributed by atoms with Crippen molar-refractivity contribution in [3.8, 4) is 5.75 Å². The Kier molecular flexibility index (Phi) is 4.92. The lowest BCUT2D eigenvalue weighted by molar-refractivity contribution is -0.385. The van der Waals surface area contributed by atoms with E-state index in [1.165, 1.54) is 25.3 Å². The van der Waals surface area contributed by atoms with Gasteiger partial charge in [-0.1, -0.05) is 0 Å². The van der Waals surface area contributed by atoms with Gasteiger partial charge in [0.2, 0.25) is 5.91 Å². The summed E-state index contributed by atoms with van der Waals surface area (Å²) in [6.07, 6.45) is 6.08. The molecule has 1 aromatic rings. The van der Waals surface area contributed by atoms with Gasteiger partial charge in [-0.3, -0.25) is 14.9 Å². The molecule has 0 N–H and O–H groups in total. The van der Waals surface area contributed by atoms with Gasteiger partial charge in [0.05, 0.1) is 23.7 Å². The van der Waals surface area contributed by atoms with Gasteiger partial charge >= 0.3 is 0 Å². The number of nitrogens with zero attached hydrogens (tertiary/aromatic N) is 2. The van der Waals surface area contributed by atoms with Crippen LogP contribution in [0.5, 0.6) is 5.75 Å². The molecule has 1 saturated heterocycles. The third kappa shape index (κ3) is 3.81. The van der Waals surface area contributed by atoms with E-state index in [9.17, 15) is 14.9 Å². The van der Waals surface area contributed by atoms with Gasteiger partial charge in [-0.2, -0.15) is 0 Å². The molecule has 6 nitrogen and oxygen atoms in total. The van der Waals surface area contributed by atoms with Crippen molar-refractivity contribution < 1.29 is 14.5 Å². The number of ether oxygens (including phenoxy) is 1. The van der Waals surface area contributed by atoms with E-state index in [0.717, 1.165) is 32.4 Å². The fraction of sp³-hybridized carbons (Fsp3) is 0.400. The van der Waals surface area contributed by atoms with Crippen molar-refractivity contribution in [2.45, 2.75) is 19.3 Å². The molecule has 1 heterocycles. The van der Waals surface area contributed by atoms with Crippen LogP contribution >= 0.6 is 0 Å². The fourth-order valence-corrected chi connectivity index (χ4v) is 2.33. The molecule has 1 fully saturated rings. The molecule has 1 aliphatic rings. The molecule has 0 saturated carbocycles. The molecule has 0 spiro atoms. The summed E-state index contributed by atoms with van der Waals surface area (Å²) in [5.41, 5.74) is 0.322. The Hall–Kier alpha value is -2.37. The van der Waals surface area contributed by atoms with E-state index < -0.39 is 4.92 Å². The number of nitro groups is 1. The summed E-state index contributed by atoms with van der Waals surface area (Å²) >= 11 is 0. The number of carbonyl (C=O) groups excluding carboxylic acids is 1. The third-order valence-electron chi connectivity index (χ3n) is 3.51. The SMILES string of the molecule is COc1ccc(C=CC(=O)N2CCCCC2)c([N+](=O)[O-])c1. The second-order valence-corrected chi connectivity index (χ2v) is 4.90. The number of carbonyl (C=O) groups is 1. The van der Waals surface area contributed by atoms with Crippen LogP contribution in [0.3, 0.4) is 0 Å². The molecule has 6 heteroatoms. The van der Waals surface area contributed by atoms with Crippen LogP contribution in [-0.4, -0.2) is 35.9 Å². The Bertz CT molecular complexity index is 563. The Labute approximate surface area is 123 Å². The Balaban J connectivity index is 2.16. The van der Waals surface area contributed by atoms with E-state index in [1.807, 2.05) is 0 Å². The Morgan fingerprint density at radius 3 is 2.67 bits per heavy atom. The highest BCUT2D eigenvalue weighted by Crippen LogP contribution is 2.25. The molecule has 0 bridgehead atoms. The Morgan fingerprint density at radius 2 is 2.05 bits per heavy atom. The lowest BCUT2D eigenvalue weighted by Crippen LogP contribution is -2.34. The van der Waals surface area contributed by atoms with Gasteiger partial charge in [0.1, 0.15) is 5.75 Å². The predicted octanol–water partition coefficient (Wildman–Crippen LogP) is 2.63. The minimum Gasteiger partial charge on any atom is -0.497 e. The molecule has 1 aromatic carbocycles. The van der Waals surface area contributed by atoms with Gasteiger partial charge in [-0.05, 0) is 37.5 Å². The van der Waals surface area contributed by atoms with Gasteiger partial charge in [0, 0.05) is 19.2 Å². The van der Waals surface area contributed by atoms with Crippen LogP contribution in [0.1, 0.15) is 24.8 Å². The summed E-state index contributed by atoms with van der Waals surface area (Å²) in [5.74, 6) is 0.320. The van der Waals surface area contributed by atoms with Crippen LogP contribution in [0.2, 0.25) is 0 Å². The minimum atomic E-state index is -0.479. The molecule has 0 atom stereocenters. The smallest absolute Gasteiger partial charge is 0.280 e. The molecule has 0 radical (unpaired) electrons. The van der Waals surface area contributed by atoms with Crippen LogP contribution in [-0.2, 0) is 4.79 Å². The van der Waals surface area contributed by atoms with Crippen molar-refractivity contribution in [3.63, 3.8) is 0 Å². The molecule has 0 aliphatic carbocycles. The lowest BCUT2D eigenvalue weighted by Gasteiger charge is -2.25. The molecule has 1 aliphatic heterocycles. The summed E-state index contributed by atoms with van der Waals surface area (Å²) in [7, 11) is 1.45. The van der Waals surface area contributed by atoms with E-state index in [4.69, 9.17) is 4.74 Å². The molecular weight excluding hydrogens is 272 g/mol. The first-order valence-corrected chi connectivity index (χ1v) is 6.91. The Morgan fingerprint density at radius 1 is 1.33 bits per heavy atom. The standard InChI is InChI=1S/C15H18N2O4/c1-21-13-7-5-12(14(11-13)17(19)20)6-8-15(18)16-9-3-2-4-10-16/h5-8,11H,2-4,9-10H2,1H3. The summed E-state index contributed by atoms with van der Waals surface area (Å²) in [5, 5.41) is 11.1. The van der Waals surface area contributed by atoms with Crippen molar-refractivity contribution in [3.05, 3.63) is 40.0 Å². The lowest BCUT2D eigenvalue weighted by atomic mass is 10.1. The number of rotatable bonds is 4. The highest BCUT2D eigenvalue weighted by atomic mass is 16.6. The second-order valence-electron chi connectivity index (χ2n) is 4.90. The predicted molar refractivity (Wildman–Crippen MR) is 79.1 cm³/mol. The number of benzene rings is 1. The van der Waals surface area contributed by atoms with Gasteiger partial charge in [0.25, 0.3) is 5.69 Å². The number of methoxy groups -OCH3 is 1. The summed E-state index contributed by atoms with van der Waals surface area (Å²) in [4.78, 5) is 24.4. The van der Waals surface area contributed by atoms with Crippen LogP contribution in [0.4, 0.5) is 5.69 Å². The summed E-state index contributed by atoms with van der Waals surface area (Å²) < 4.78 is 4.98. The zero-order valence-corrected chi connectivity index (χ0v) is 11.9. The van der Waals surface area contributed by atoms with Crippen LogP contribution in [0.15, 0.2) is 24.3 Å². The van der Waals surface area contributed by atoms with Gasteiger partial charge < -0.3 is 9.64 Å². The number of hydrogen-bond acceptors (Lipinski definition) is 4. The number of amides is 1. The van der Waals surface area contributed by atoms with E-state index in [0.29, 0.717) is 11.3 Å². The van der Waals surface area contributed by atoms with Gasteiger partial charge in [-0.15, -0.1) is 0 Å². The average Bonchev–Trinajstić information content (AvgIpc) is 2.53. The monoisotopic (exact) mass is 290 g/mol. The average molecular weight is 290 g/mol. The molecule has 0 aromatic heterocycles. The largest absolute Gasteiger partial charge is 0.497 e. The minimum absolute atomic E-state index is 0.0722. The van der Waals surface area contributed by atoms with Crippen molar-refractivity contribution >= 4 is 17.7 Å². The van der Waals surface area contributed by atoms with Crippen molar-refractivity contribution in [1.82, 2.24) is 4.90 Å². The summed E-state index contributed by atoms with van der Waals surface area (Å²) in [6, 6.07) is 4.57. The van der Waals surface area contributed by atoms with Crippen LogP contribution in [0.25, 0.3) is 6.08 Å². The van der Waals surface area contributed by atoms with E-state index >= 15 is 0 Å². The molecule has 112 valence electrons. The molecule has 1 amide bonds. The zero-order valence-electron chi connectivity index (χ0n) is 11.9. The van der Waals surface area contributed by atoms with Gasteiger partial charge in [0.15, 0.2) is 0 Å². The third-order valence-corrected chi connectivity index (χ3v) is 3.51. The maximum Gasteiger partial charge on any atom is 0.280 e. The maximum absolute atomic E-state index is 12.0. The highest BCUT2D eigenvalue weighted by Gasteiger charge is 2.16. The number of hydrogen-bond donors (Lipinski definition) is 0. The zero-order chi connectivity index (χ0) is 15.2. The molecule has 21 heavy (non-hydrogen) atoms. The quantitative estimate of drug-likeness (QED) is 0.485. The van der Waals surface area contributed by atoms with Crippen molar-refractivity contribution in [2.24, 2.45) is 0 Å². The van der Waals surface area contributed by atoms with Gasteiger partial charge in [-0.25, -0.2) is 0 Å². The number of nitro benzene ring substituents is 1. The van der Waals surface area contributed by atoms with E-state index in [-0.39, 0.29) is 11.6 Å². The number of likely N-dealkylation sites (tertiary alicyclic amines) is 1. The second kappa shape index (κ2) is 6.88.